The number of ether oxygens (including phenoxy) is 2. The Kier molecular flexibility index (Phi) is 3.61. The molecule has 0 aromatic heterocycles. The van der Waals surface area contributed by atoms with Gasteiger partial charge in [0.1, 0.15) is 0 Å². The zero-order valence-corrected chi connectivity index (χ0v) is 11.8. The van der Waals surface area contributed by atoms with Crippen molar-refractivity contribution in [3.63, 3.8) is 0 Å². The van der Waals surface area contributed by atoms with E-state index in [9.17, 15) is 0 Å². The molecule has 104 valence electrons. The predicted octanol–water partition coefficient (Wildman–Crippen LogP) is 2.46. The van der Waals surface area contributed by atoms with Gasteiger partial charge in [-0.1, -0.05) is 24.3 Å². The van der Waals surface area contributed by atoms with Crippen LogP contribution in [0.4, 0.5) is 0 Å². The van der Waals surface area contributed by atoms with Crippen molar-refractivity contribution in [2.45, 2.75) is 44.4 Å². The van der Waals surface area contributed by atoms with Crippen LogP contribution in [-0.2, 0) is 15.9 Å². The second kappa shape index (κ2) is 5.23. The van der Waals surface area contributed by atoms with E-state index in [0.717, 1.165) is 32.6 Å². The maximum absolute atomic E-state index is 5.94. The summed E-state index contributed by atoms with van der Waals surface area (Å²) in [4.78, 5) is 0. The van der Waals surface area contributed by atoms with E-state index in [2.05, 4.69) is 43.4 Å². The van der Waals surface area contributed by atoms with Crippen LogP contribution in [0.25, 0.3) is 0 Å². The number of fused-ring (bicyclic) bond motifs is 1. The smallest absolute Gasteiger partial charge is 0.0952 e. The van der Waals surface area contributed by atoms with Crippen LogP contribution in [0.3, 0.4) is 0 Å². The molecule has 2 aliphatic rings. The van der Waals surface area contributed by atoms with Crippen molar-refractivity contribution >= 4 is 0 Å². The molecule has 2 heterocycles. The molecule has 1 aromatic carbocycles. The van der Waals surface area contributed by atoms with E-state index in [0.29, 0.717) is 0 Å². The van der Waals surface area contributed by atoms with Crippen molar-refractivity contribution in [2.75, 3.05) is 19.8 Å². The minimum atomic E-state index is 0.0791. The Labute approximate surface area is 115 Å². The third-order valence-corrected chi connectivity index (χ3v) is 4.67. The van der Waals surface area contributed by atoms with Crippen molar-refractivity contribution in [3.05, 3.63) is 35.4 Å². The zero-order chi connectivity index (χ0) is 13.3. The van der Waals surface area contributed by atoms with Gasteiger partial charge in [0, 0.05) is 18.7 Å². The first-order chi connectivity index (χ1) is 9.19. The summed E-state index contributed by atoms with van der Waals surface area (Å²) in [5.41, 5.74) is 2.85. The van der Waals surface area contributed by atoms with Gasteiger partial charge in [0.05, 0.1) is 18.8 Å². The van der Waals surface area contributed by atoms with E-state index in [1.807, 2.05) is 0 Å². The summed E-state index contributed by atoms with van der Waals surface area (Å²) in [7, 11) is 0. The fraction of sp³-hybridized carbons (Fsp3) is 0.625. The minimum absolute atomic E-state index is 0.0791. The van der Waals surface area contributed by atoms with Crippen LogP contribution in [0.1, 0.15) is 37.5 Å². The number of nitrogens with one attached hydrogen (secondary N) is 1. The van der Waals surface area contributed by atoms with E-state index < -0.39 is 0 Å². The van der Waals surface area contributed by atoms with Crippen LogP contribution in [-0.4, -0.2) is 31.4 Å². The molecule has 1 saturated heterocycles. The van der Waals surface area contributed by atoms with Crippen molar-refractivity contribution in [1.29, 1.82) is 0 Å². The quantitative estimate of drug-likeness (QED) is 0.906. The molecular formula is C16H23NO2. The Hall–Kier alpha value is -0.900. The van der Waals surface area contributed by atoms with Crippen LogP contribution in [0, 0.1) is 0 Å². The summed E-state index contributed by atoms with van der Waals surface area (Å²) in [5.74, 6) is 0. The maximum Gasteiger partial charge on any atom is 0.0952 e. The van der Waals surface area contributed by atoms with Crippen molar-refractivity contribution < 1.29 is 9.47 Å². The van der Waals surface area contributed by atoms with Crippen LogP contribution in [0.5, 0.6) is 0 Å². The van der Waals surface area contributed by atoms with Gasteiger partial charge in [-0.3, -0.25) is 0 Å². The zero-order valence-electron chi connectivity index (χ0n) is 11.8. The second-order valence-corrected chi connectivity index (χ2v) is 5.87. The highest BCUT2D eigenvalue weighted by molar-refractivity contribution is 5.31. The molecule has 19 heavy (non-hydrogen) atoms. The molecule has 0 bridgehead atoms. The molecule has 0 saturated carbocycles. The minimum Gasteiger partial charge on any atom is -0.377 e. The molecule has 2 aliphatic heterocycles. The molecule has 1 fully saturated rings. The largest absolute Gasteiger partial charge is 0.377 e. The molecule has 1 aromatic rings. The fourth-order valence-electron chi connectivity index (χ4n) is 3.04. The van der Waals surface area contributed by atoms with Crippen molar-refractivity contribution in [3.8, 4) is 0 Å². The van der Waals surface area contributed by atoms with E-state index in [1.165, 1.54) is 11.1 Å². The molecule has 0 amide bonds. The number of hydrogen-bond acceptors (Lipinski definition) is 3. The molecule has 3 heteroatoms. The Balaban J connectivity index is 1.68. The molecular weight excluding hydrogens is 238 g/mol. The second-order valence-electron chi connectivity index (χ2n) is 5.87. The molecule has 1 N–H and O–H groups in total. The summed E-state index contributed by atoms with van der Waals surface area (Å²) in [5, 5.41) is 3.67. The highest BCUT2D eigenvalue weighted by atomic mass is 16.5. The average Bonchev–Trinajstić information content (AvgIpc) is 2.77. The summed E-state index contributed by atoms with van der Waals surface area (Å²) in [6.07, 6.45) is 2.55. The first kappa shape index (κ1) is 13.1. The maximum atomic E-state index is 5.94. The molecule has 0 aliphatic carbocycles. The number of rotatable bonds is 3. The van der Waals surface area contributed by atoms with E-state index in [-0.39, 0.29) is 17.7 Å². The van der Waals surface area contributed by atoms with Crippen LogP contribution in [0.15, 0.2) is 24.3 Å². The van der Waals surface area contributed by atoms with Gasteiger partial charge in [0.15, 0.2) is 0 Å². The lowest BCUT2D eigenvalue weighted by Gasteiger charge is -2.33. The normalized spacial score (nSPS) is 34.2. The Morgan fingerprint density at radius 3 is 2.89 bits per heavy atom. The van der Waals surface area contributed by atoms with Crippen LogP contribution >= 0.6 is 0 Å². The summed E-state index contributed by atoms with van der Waals surface area (Å²) < 4.78 is 11.6. The van der Waals surface area contributed by atoms with E-state index >= 15 is 0 Å². The molecule has 3 nitrogen and oxygen atoms in total. The van der Waals surface area contributed by atoms with Gasteiger partial charge in [0.25, 0.3) is 0 Å². The summed E-state index contributed by atoms with van der Waals surface area (Å²) in [6, 6.07) is 8.62. The standard InChI is InChI=1S/C16H23NO2/c1-12-16(2,8-10-18-12)17-11-15-14-6-4-3-5-13(14)7-9-19-15/h3-6,12,15,17H,7-11H2,1-2H3. The van der Waals surface area contributed by atoms with Gasteiger partial charge in [0.2, 0.25) is 0 Å². The van der Waals surface area contributed by atoms with Gasteiger partial charge < -0.3 is 14.8 Å². The van der Waals surface area contributed by atoms with Crippen molar-refractivity contribution in [1.82, 2.24) is 5.32 Å². The van der Waals surface area contributed by atoms with Gasteiger partial charge in [-0.2, -0.15) is 0 Å². The molecule has 0 radical (unpaired) electrons. The Morgan fingerprint density at radius 2 is 2.11 bits per heavy atom. The number of benzene rings is 1. The lowest BCUT2D eigenvalue weighted by Crippen LogP contribution is -2.49. The number of hydrogen-bond donors (Lipinski definition) is 1. The lowest BCUT2D eigenvalue weighted by atomic mass is 9.93. The topological polar surface area (TPSA) is 30.5 Å². The highest BCUT2D eigenvalue weighted by Crippen LogP contribution is 2.29. The monoisotopic (exact) mass is 261 g/mol. The fourth-order valence-corrected chi connectivity index (χ4v) is 3.04. The lowest BCUT2D eigenvalue weighted by molar-refractivity contribution is 0.0298. The van der Waals surface area contributed by atoms with E-state index in [1.54, 1.807) is 0 Å². The predicted molar refractivity (Wildman–Crippen MR) is 75.3 cm³/mol. The van der Waals surface area contributed by atoms with Crippen LogP contribution in [0.2, 0.25) is 0 Å². The summed E-state index contributed by atoms with van der Waals surface area (Å²) in [6.45, 7) is 6.94. The molecule has 3 rings (SSSR count). The summed E-state index contributed by atoms with van der Waals surface area (Å²) >= 11 is 0. The van der Waals surface area contributed by atoms with Gasteiger partial charge >= 0.3 is 0 Å². The Bertz CT molecular complexity index is 448. The third kappa shape index (κ3) is 2.55. The molecule has 0 spiro atoms. The average molecular weight is 261 g/mol. The molecule has 3 atom stereocenters. The third-order valence-electron chi connectivity index (χ3n) is 4.67. The molecule has 3 unspecified atom stereocenters. The van der Waals surface area contributed by atoms with Gasteiger partial charge in [-0.05, 0) is 37.8 Å². The van der Waals surface area contributed by atoms with Gasteiger partial charge in [-0.15, -0.1) is 0 Å². The SMILES string of the molecule is CC1OCCC1(C)NCC1OCCc2ccccc21. The van der Waals surface area contributed by atoms with Crippen LogP contribution < -0.4 is 5.32 Å². The van der Waals surface area contributed by atoms with Crippen molar-refractivity contribution in [2.24, 2.45) is 0 Å². The first-order valence-corrected chi connectivity index (χ1v) is 7.25. The highest BCUT2D eigenvalue weighted by Gasteiger charge is 2.37. The van der Waals surface area contributed by atoms with Gasteiger partial charge in [-0.25, -0.2) is 0 Å². The Morgan fingerprint density at radius 1 is 1.26 bits per heavy atom. The first-order valence-electron chi connectivity index (χ1n) is 7.25. The van der Waals surface area contributed by atoms with E-state index in [4.69, 9.17) is 9.47 Å².